The van der Waals surface area contributed by atoms with Crippen molar-refractivity contribution in [2.24, 2.45) is 0 Å². The highest BCUT2D eigenvalue weighted by molar-refractivity contribution is 7.89. The second-order valence-corrected chi connectivity index (χ2v) is 6.83. The Balaban J connectivity index is 1.95. The fraction of sp³-hybridized carbons (Fsp3) is 0.286. The molecule has 1 aliphatic rings. The summed E-state index contributed by atoms with van der Waals surface area (Å²) in [6.45, 7) is 0.0823. The first-order chi connectivity index (χ1) is 9.98. The molecule has 1 heterocycles. The Kier molecular flexibility index (Phi) is 3.54. The van der Waals surface area contributed by atoms with Gasteiger partial charge in [-0.2, -0.15) is 4.31 Å². The molecule has 1 saturated carbocycles. The van der Waals surface area contributed by atoms with Gasteiger partial charge in [0.1, 0.15) is 5.76 Å². The third-order valence-electron chi connectivity index (χ3n) is 3.34. The Labute approximate surface area is 121 Å². The molecule has 0 spiro atoms. The SMILES string of the molecule is O=S(=O)(c1ccc(F)c(F)c1)N(Cc1ccco1)C1CC1. The summed E-state index contributed by atoms with van der Waals surface area (Å²) in [5, 5.41) is 0. The Morgan fingerprint density at radius 2 is 1.95 bits per heavy atom. The van der Waals surface area contributed by atoms with Gasteiger partial charge >= 0.3 is 0 Å². The molecular formula is C14H13F2NO3S. The molecule has 21 heavy (non-hydrogen) atoms. The van der Waals surface area contributed by atoms with Gasteiger partial charge in [-0.25, -0.2) is 17.2 Å². The van der Waals surface area contributed by atoms with E-state index in [4.69, 9.17) is 4.42 Å². The highest BCUT2D eigenvalue weighted by Gasteiger charge is 2.38. The molecule has 0 aliphatic heterocycles. The van der Waals surface area contributed by atoms with Crippen LogP contribution in [0.5, 0.6) is 0 Å². The van der Waals surface area contributed by atoms with E-state index in [2.05, 4.69) is 0 Å². The fourth-order valence-corrected chi connectivity index (χ4v) is 3.77. The van der Waals surface area contributed by atoms with Crippen molar-refractivity contribution in [2.75, 3.05) is 0 Å². The molecule has 4 nitrogen and oxygen atoms in total. The molecule has 1 fully saturated rings. The lowest BCUT2D eigenvalue weighted by Gasteiger charge is -2.20. The summed E-state index contributed by atoms with van der Waals surface area (Å²) < 4.78 is 57.9. The topological polar surface area (TPSA) is 50.5 Å². The number of hydrogen-bond acceptors (Lipinski definition) is 3. The van der Waals surface area contributed by atoms with Crippen LogP contribution in [0.4, 0.5) is 8.78 Å². The Bertz CT molecular complexity index is 740. The van der Waals surface area contributed by atoms with Crippen LogP contribution in [0.2, 0.25) is 0 Å². The van der Waals surface area contributed by atoms with Crippen molar-refractivity contribution in [3.05, 3.63) is 54.0 Å². The number of benzene rings is 1. The van der Waals surface area contributed by atoms with E-state index in [9.17, 15) is 17.2 Å². The van der Waals surface area contributed by atoms with Crippen LogP contribution in [0.3, 0.4) is 0 Å². The molecule has 0 bridgehead atoms. The molecule has 0 N–H and O–H groups in total. The first kappa shape index (κ1) is 14.2. The van der Waals surface area contributed by atoms with Gasteiger partial charge in [-0.15, -0.1) is 0 Å². The molecule has 1 aromatic carbocycles. The van der Waals surface area contributed by atoms with E-state index >= 15 is 0 Å². The van der Waals surface area contributed by atoms with Crippen molar-refractivity contribution in [1.29, 1.82) is 0 Å². The molecule has 0 saturated heterocycles. The molecule has 0 radical (unpaired) electrons. The van der Waals surface area contributed by atoms with Crippen molar-refractivity contribution in [2.45, 2.75) is 30.3 Å². The predicted octanol–water partition coefficient (Wildman–Crippen LogP) is 2.91. The summed E-state index contributed by atoms with van der Waals surface area (Å²) in [7, 11) is -3.89. The zero-order chi connectivity index (χ0) is 15.0. The number of nitrogens with zero attached hydrogens (tertiary/aromatic N) is 1. The zero-order valence-corrected chi connectivity index (χ0v) is 11.8. The van der Waals surface area contributed by atoms with E-state index in [1.165, 1.54) is 10.6 Å². The molecule has 7 heteroatoms. The second-order valence-electron chi connectivity index (χ2n) is 4.94. The van der Waals surface area contributed by atoms with Crippen molar-refractivity contribution in [1.82, 2.24) is 4.31 Å². The molecule has 1 aromatic heterocycles. The van der Waals surface area contributed by atoms with Crippen LogP contribution in [0, 0.1) is 11.6 Å². The third-order valence-corrected chi connectivity index (χ3v) is 5.24. The molecule has 112 valence electrons. The summed E-state index contributed by atoms with van der Waals surface area (Å²) in [5.41, 5.74) is 0. The minimum Gasteiger partial charge on any atom is -0.468 e. The van der Waals surface area contributed by atoms with Gasteiger partial charge in [-0.3, -0.25) is 0 Å². The molecule has 3 rings (SSSR count). The van der Waals surface area contributed by atoms with Crippen molar-refractivity contribution < 1.29 is 21.6 Å². The number of furan rings is 1. The van der Waals surface area contributed by atoms with Crippen LogP contribution in [0.1, 0.15) is 18.6 Å². The molecular weight excluding hydrogens is 300 g/mol. The zero-order valence-electron chi connectivity index (χ0n) is 11.0. The van der Waals surface area contributed by atoms with Crippen LogP contribution in [-0.4, -0.2) is 18.8 Å². The fourth-order valence-electron chi connectivity index (χ4n) is 2.10. The van der Waals surface area contributed by atoms with Gasteiger partial charge in [0, 0.05) is 6.04 Å². The van der Waals surface area contributed by atoms with Gasteiger partial charge in [0.15, 0.2) is 11.6 Å². The lowest BCUT2D eigenvalue weighted by atomic mass is 10.3. The Hall–Kier alpha value is -1.73. The van der Waals surface area contributed by atoms with Gasteiger partial charge < -0.3 is 4.42 Å². The Morgan fingerprint density at radius 1 is 1.19 bits per heavy atom. The lowest BCUT2D eigenvalue weighted by Crippen LogP contribution is -2.32. The van der Waals surface area contributed by atoms with Crippen LogP contribution in [0.25, 0.3) is 0 Å². The highest BCUT2D eigenvalue weighted by atomic mass is 32.2. The molecule has 1 aliphatic carbocycles. The first-order valence-electron chi connectivity index (χ1n) is 6.48. The van der Waals surface area contributed by atoms with Gasteiger partial charge in [0.2, 0.25) is 10.0 Å². The average Bonchev–Trinajstić information content (AvgIpc) is 3.15. The maximum Gasteiger partial charge on any atom is 0.243 e. The monoisotopic (exact) mass is 313 g/mol. The van der Waals surface area contributed by atoms with Crippen LogP contribution in [0.15, 0.2) is 45.9 Å². The predicted molar refractivity (Wildman–Crippen MR) is 70.8 cm³/mol. The smallest absolute Gasteiger partial charge is 0.243 e. The van der Waals surface area contributed by atoms with Crippen LogP contribution in [-0.2, 0) is 16.6 Å². The summed E-state index contributed by atoms with van der Waals surface area (Å²) >= 11 is 0. The number of halogens is 2. The highest BCUT2D eigenvalue weighted by Crippen LogP contribution is 2.33. The summed E-state index contributed by atoms with van der Waals surface area (Å²) in [6.07, 6.45) is 2.97. The maximum atomic E-state index is 13.3. The molecule has 0 atom stereocenters. The van der Waals surface area contributed by atoms with E-state index in [0.717, 1.165) is 25.0 Å². The van der Waals surface area contributed by atoms with E-state index in [1.54, 1.807) is 12.1 Å². The molecule has 2 aromatic rings. The van der Waals surface area contributed by atoms with E-state index in [-0.39, 0.29) is 17.5 Å². The quantitative estimate of drug-likeness (QED) is 0.853. The van der Waals surface area contributed by atoms with Gasteiger partial charge in [0.25, 0.3) is 0 Å². The Morgan fingerprint density at radius 3 is 2.52 bits per heavy atom. The maximum absolute atomic E-state index is 13.3. The van der Waals surface area contributed by atoms with Crippen LogP contribution < -0.4 is 0 Å². The van der Waals surface area contributed by atoms with Gasteiger partial charge in [-0.1, -0.05) is 0 Å². The lowest BCUT2D eigenvalue weighted by molar-refractivity contribution is 0.356. The van der Waals surface area contributed by atoms with Crippen molar-refractivity contribution in [3.8, 4) is 0 Å². The normalized spacial score (nSPS) is 15.6. The summed E-state index contributed by atoms with van der Waals surface area (Å²) in [5.74, 6) is -1.74. The molecule has 0 unspecified atom stereocenters. The summed E-state index contributed by atoms with van der Waals surface area (Å²) in [6, 6.07) is 5.84. The summed E-state index contributed by atoms with van der Waals surface area (Å²) in [4.78, 5) is -0.250. The number of rotatable bonds is 5. The average molecular weight is 313 g/mol. The number of hydrogen-bond donors (Lipinski definition) is 0. The van der Waals surface area contributed by atoms with Crippen LogP contribution >= 0.6 is 0 Å². The molecule has 0 amide bonds. The first-order valence-corrected chi connectivity index (χ1v) is 7.92. The van der Waals surface area contributed by atoms with E-state index in [0.29, 0.717) is 11.8 Å². The van der Waals surface area contributed by atoms with Gasteiger partial charge in [-0.05, 0) is 43.2 Å². The standard InChI is InChI=1S/C14H13F2NO3S/c15-13-6-5-12(8-14(13)16)21(18,19)17(10-3-4-10)9-11-2-1-7-20-11/h1-2,5-8,10H,3-4,9H2. The van der Waals surface area contributed by atoms with Crippen molar-refractivity contribution in [3.63, 3.8) is 0 Å². The van der Waals surface area contributed by atoms with E-state index < -0.39 is 21.7 Å². The number of sulfonamides is 1. The second kappa shape index (κ2) is 5.23. The minimum absolute atomic E-state index is 0.0823. The van der Waals surface area contributed by atoms with Crippen molar-refractivity contribution >= 4 is 10.0 Å². The van der Waals surface area contributed by atoms with Gasteiger partial charge in [0.05, 0.1) is 17.7 Å². The van der Waals surface area contributed by atoms with E-state index in [1.807, 2.05) is 0 Å². The third kappa shape index (κ3) is 2.84. The largest absolute Gasteiger partial charge is 0.468 e. The minimum atomic E-state index is -3.89.